The van der Waals surface area contributed by atoms with E-state index in [4.69, 9.17) is 9.47 Å². The van der Waals surface area contributed by atoms with Crippen molar-refractivity contribution in [2.75, 3.05) is 6.61 Å². The fourth-order valence-corrected chi connectivity index (χ4v) is 1.33. The smallest absolute Gasteiger partial charge is 0.348 e. The highest BCUT2D eigenvalue weighted by molar-refractivity contribution is 6.00. The van der Waals surface area contributed by atoms with E-state index in [1.54, 1.807) is 20.8 Å². The molecule has 0 saturated carbocycles. The zero-order valence-corrected chi connectivity index (χ0v) is 8.57. The first-order chi connectivity index (χ1) is 6.57. The summed E-state index contributed by atoms with van der Waals surface area (Å²) in [6.45, 7) is 5.34. The third-order valence-electron chi connectivity index (χ3n) is 2.17. The van der Waals surface area contributed by atoms with Crippen molar-refractivity contribution >= 4 is 11.8 Å². The maximum Gasteiger partial charge on any atom is 0.348 e. The second kappa shape index (κ2) is 4.26. The third kappa shape index (κ3) is 1.95. The standard InChI is InChI=1S/C10H14O4/c1-4-13-10(12)9-7(3)8(11)6(2)5-14-9/h5,7,9H,4H2,1-3H3/t7-,9-/m0/s1. The lowest BCUT2D eigenvalue weighted by atomic mass is 9.93. The fraction of sp³-hybridized carbons (Fsp3) is 0.600. The minimum absolute atomic E-state index is 0.0608. The predicted molar refractivity (Wildman–Crippen MR) is 49.4 cm³/mol. The van der Waals surface area contributed by atoms with Crippen LogP contribution in [-0.4, -0.2) is 24.5 Å². The van der Waals surface area contributed by atoms with E-state index in [0.717, 1.165) is 0 Å². The number of carbonyl (C=O) groups is 2. The van der Waals surface area contributed by atoms with Crippen LogP contribution in [0.3, 0.4) is 0 Å². The van der Waals surface area contributed by atoms with Gasteiger partial charge in [0.25, 0.3) is 0 Å². The van der Waals surface area contributed by atoms with Gasteiger partial charge in [-0.05, 0) is 13.8 Å². The molecular weight excluding hydrogens is 184 g/mol. The Balaban J connectivity index is 2.74. The lowest BCUT2D eigenvalue weighted by Crippen LogP contribution is -2.39. The van der Waals surface area contributed by atoms with Crippen LogP contribution >= 0.6 is 0 Å². The highest BCUT2D eigenvalue weighted by atomic mass is 16.6. The average molecular weight is 198 g/mol. The first-order valence-electron chi connectivity index (χ1n) is 4.61. The van der Waals surface area contributed by atoms with Crippen LogP contribution in [0.2, 0.25) is 0 Å². The lowest BCUT2D eigenvalue weighted by molar-refractivity contribution is -0.159. The van der Waals surface area contributed by atoms with Gasteiger partial charge >= 0.3 is 5.97 Å². The third-order valence-corrected chi connectivity index (χ3v) is 2.17. The second-order valence-electron chi connectivity index (χ2n) is 3.26. The molecule has 0 fully saturated rings. The Bertz CT molecular complexity index is 280. The molecule has 1 aliphatic heterocycles. The van der Waals surface area contributed by atoms with Crippen molar-refractivity contribution < 1.29 is 19.1 Å². The number of rotatable bonds is 2. The van der Waals surface area contributed by atoms with Crippen molar-refractivity contribution in [2.45, 2.75) is 26.9 Å². The Hall–Kier alpha value is -1.32. The summed E-state index contributed by atoms with van der Waals surface area (Å²) < 4.78 is 9.92. The van der Waals surface area contributed by atoms with Gasteiger partial charge in [-0.1, -0.05) is 6.92 Å². The summed E-state index contributed by atoms with van der Waals surface area (Å²) in [5.41, 5.74) is 0.540. The minimum atomic E-state index is -0.786. The van der Waals surface area contributed by atoms with Crippen LogP contribution in [0.25, 0.3) is 0 Å². The van der Waals surface area contributed by atoms with Crippen molar-refractivity contribution in [1.82, 2.24) is 0 Å². The van der Waals surface area contributed by atoms with Gasteiger partial charge in [0.05, 0.1) is 18.8 Å². The van der Waals surface area contributed by atoms with Crippen LogP contribution in [-0.2, 0) is 19.1 Å². The van der Waals surface area contributed by atoms with E-state index >= 15 is 0 Å². The van der Waals surface area contributed by atoms with Crippen molar-refractivity contribution in [3.63, 3.8) is 0 Å². The van der Waals surface area contributed by atoms with Gasteiger partial charge in [0.15, 0.2) is 5.78 Å². The number of Topliss-reactive ketones (excluding diaryl/α,β-unsaturated/α-hetero) is 1. The van der Waals surface area contributed by atoms with Gasteiger partial charge in [0.2, 0.25) is 6.10 Å². The van der Waals surface area contributed by atoms with Gasteiger partial charge in [-0.2, -0.15) is 0 Å². The molecule has 1 rings (SSSR count). The molecule has 0 radical (unpaired) electrons. The Morgan fingerprint density at radius 3 is 2.86 bits per heavy atom. The average Bonchev–Trinajstić information content (AvgIpc) is 2.15. The summed E-state index contributed by atoms with van der Waals surface area (Å²) in [5, 5.41) is 0. The number of esters is 1. The first kappa shape index (κ1) is 10.8. The molecule has 0 aromatic heterocycles. The Morgan fingerprint density at radius 2 is 2.29 bits per heavy atom. The van der Waals surface area contributed by atoms with Gasteiger partial charge in [-0.15, -0.1) is 0 Å². The molecule has 0 spiro atoms. The summed E-state index contributed by atoms with van der Waals surface area (Å²) >= 11 is 0. The summed E-state index contributed by atoms with van der Waals surface area (Å²) in [6.07, 6.45) is 0.537. The summed E-state index contributed by atoms with van der Waals surface area (Å²) in [4.78, 5) is 22.8. The second-order valence-corrected chi connectivity index (χ2v) is 3.26. The van der Waals surface area contributed by atoms with E-state index in [1.165, 1.54) is 6.26 Å². The molecule has 0 N–H and O–H groups in total. The molecule has 1 heterocycles. The van der Waals surface area contributed by atoms with E-state index in [2.05, 4.69) is 0 Å². The number of ether oxygens (including phenoxy) is 2. The number of hydrogen-bond donors (Lipinski definition) is 0. The Kier molecular flexibility index (Phi) is 3.28. The summed E-state index contributed by atoms with van der Waals surface area (Å²) in [6, 6.07) is 0. The van der Waals surface area contributed by atoms with Gasteiger partial charge in [0.1, 0.15) is 0 Å². The Labute approximate surface area is 82.9 Å². The molecule has 14 heavy (non-hydrogen) atoms. The van der Waals surface area contributed by atoms with Crippen LogP contribution in [0, 0.1) is 5.92 Å². The summed E-state index contributed by atoms with van der Waals surface area (Å²) in [5.74, 6) is -0.995. The number of allylic oxidation sites excluding steroid dienone is 1. The van der Waals surface area contributed by atoms with Crippen molar-refractivity contribution in [3.8, 4) is 0 Å². The highest BCUT2D eigenvalue weighted by Gasteiger charge is 2.36. The maximum absolute atomic E-state index is 11.5. The number of ketones is 1. The van der Waals surface area contributed by atoms with Gasteiger partial charge in [0, 0.05) is 5.57 Å². The molecule has 1 aliphatic rings. The largest absolute Gasteiger partial charge is 0.485 e. The predicted octanol–water partition coefficient (Wildman–Crippen LogP) is 1.06. The molecule has 0 aromatic rings. The molecular formula is C10H14O4. The minimum Gasteiger partial charge on any atom is -0.485 e. The van der Waals surface area contributed by atoms with E-state index < -0.39 is 18.0 Å². The van der Waals surface area contributed by atoms with Gasteiger partial charge < -0.3 is 9.47 Å². The van der Waals surface area contributed by atoms with Crippen molar-refractivity contribution in [2.24, 2.45) is 5.92 Å². The molecule has 0 amide bonds. The maximum atomic E-state index is 11.5. The molecule has 2 atom stereocenters. The van der Waals surface area contributed by atoms with E-state index in [0.29, 0.717) is 12.2 Å². The monoisotopic (exact) mass is 198 g/mol. The zero-order valence-electron chi connectivity index (χ0n) is 8.57. The van der Waals surface area contributed by atoms with Crippen LogP contribution < -0.4 is 0 Å². The van der Waals surface area contributed by atoms with Crippen LogP contribution in [0.5, 0.6) is 0 Å². The SMILES string of the molecule is CCOC(=O)[C@H]1OC=C(C)C(=O)[C@@H]1C. The van der Waals surface area contributed by atoms with Crippen LogP contribution in [0.4, 0.5) is 0 Å². The van der Waals surface area contributed by atoms with Crippen LogP contribution in [0.15, 0.2) is 11.8 Å². The molecule has 0 aliphatic carbocycles. The molecule has 0 bridgehead atoms. The van der Waals surface area contributed by atoms with Gasteiger partial charge in [-0.25, -0.2) is 4.79 Å². The number of carbonyl (C=O) groups excluding carboxylic acids is 2. The van der Waals surface area contributed by atoms with E-state index in [1.807, 2.05) is 0 Å². The topological polar surface area (TPSA) is 52.6 Å². The number of hydrogen-bond acceptors (Lipinski definition) is 4. The van der Waals surface area contributed by atoms with Crippen molar-refractivity contribution in [3.05, 3.63) is 11.8 Å². The van der Waals surface area contributed by atoms with Crippen LogP contribution in [0.1, 0.15) is 20.8 Å². The van der Waals surface area contributed by atoms with Gasteiger partial charge in [-0.3, -0.25) is 4.79 Å². The van der Waals surface area contributed by atoms with E-state index in [-0.39, 0.29) is 5.78 Å². The first-order valence-corrected chi connectivity index (χ1v) is 4.61. The van der Waals surface area contributed by atoms with E-state index in [9.17, 15) is 9.59 Å². The summed E-state index contributed by atoms with van der Waals surface area (Å²) in [7, 11) is 0. The highest BCUT2D eigenvalue weighted by Crippen LogP contribution is 2.20. The molecule has 0 saturated heterocycles. The molecule has 4 nitrogen and oxygen atoms in total. The lowest BCUT2D eigenvalue weighted by Gasteiger charge is -2.25. The molecule has 0 aromatic carbocycles. The fourth-order valence-electron chi connectivity index (χ4n) is 1.33. The quantitative estimate of drug-likeness (QED) is 0.622. The Morgan fingerprint density at radius 1 is 1.64 bits per heavy atom. The molecule has 0 unspecified atom stereocenters. The molecule has 4 heteroatoms. The molecule has 78 valence electrons. The van der Waals surface area contributed by atoms with Crippen molar-refractivity contribution in [1.29, 1.82) is 0 Å². The normalized spacial score (nSPS) is 26.5. The zero-order chi connectivity index (χ0) is 10.7.